The lowest BCUT2D eigenvalue weighted by atomic mass is 10.0. The molecule has 0 saturated carbocycles. The maximum Gasteiger partial charge on any atom is 0.573 e. The molecule has 2 aromatic heterocycles. The van der Waals surface area contributed by atoms with Crippen molar-refractivity contribution in [1.82, 2.24) is 24.8 Å². The molecule has 45 heavy (non-hydrogen) atoms. The van der Waals surface area contributed by atoms with Crippen molar-refractivity contribution in [3.63, 3.8) is 0 Å². The maximum absolute atomic E-state index is 15.0. The zero-order chi connectivity index (χ0) is 32.9. The minimum absolute atomic E-state index is 0.0430. The number of aromatic nitrogens is 5. The van der Waals surface area contributed by atoms with E-state index in [-0.39, 0.29) is 39.5 Å². The van der Waals surface area contributed by atoms with E-state index in [0.29, 0.717) is 0 Å². The van der Waals surface area contributed by atoms with Gasteiger partial charge >= 0.3 is 12.5 Å². The molecule has 0 aliphatic carbocycles. The highest BCUT2D eigenvalue weighted by Crippen LogP contribution is 2.35. The highest BCUT2D eigenvalue weighted by Gasteiger charge is 2.35. The standard InChI is InChI=1S/C28H20F7N5O4S/c1-15-9-26(27(30,31)32)37-39(15)22-8-5-17(18-10-21(29)20(14-41)25(12-18)45(2,42)43)11-23(22)40-24(13-36-38-40)16-3-6-19(7-4-16)44-28(33,34)35/h3-13,41H,14H2,1-2H3. The van der Waals surface area contributed by atoms with Crippen LogP contribution in [0.15, 0.2) is 71.8 Å². The third-order valence-corrected chi connectivity index (χ3v) is 7.75. The summed E-state index contributed by atoms with van der Waals surface area (Å²) in [6.07, 6.45) is -7.61. The number of sulfone groups is 1. The van der Waals surface area contributed by atoms with Gasteiger partial charge in [0, 0.05) is 23.1 Å². The zero-order valence-electron chi connectivity index (χ0n) is 23.0. The van der Waals surface area contributed by atoms with Crippen molar-refractivity contribution < 1.29 is 49.0 Å². The molecule has 17 heteroatoms. The minimum atomic E-state index is -4.93. The molecule has 0 fully saturated rings. The fraction of sp³-hybridized carbons (Fsp3) is 0.179. The Morgan fingerprint density at radius 2 is 1.53 bits per heavy atom. The van der Waals surface area contributed by atoms with Crippen LogP contribution in [0, 0.1) is 12.7 Å². The molecular formula is C28H20F7N5O4S. The average Bonchev–Trinajstić information content (AvgIpc) is 3.58. The van der Waals surface area contributed by atoms with E-state index in [1.807, 2.05) is 0 Å². The lowest BCUT2D eigenvalue weighted by molar-refractivity contribution is -0.274. The van der Waals surface area contributed by atoms with Gasteiger partial charge in [0.05, 0.1) is 34.8 Å². The van der Waals surface area contributed by atoms with E-state index in [4.69, 9.17) is 0 Å². The summed E-state index contributed by atoms with van der Waals surface area (Å²) in [6, 6.07) is 11.7. The van der Waals surface area contributed by atoms with Crippen LogP contribution >= 0.6 is 0 Å². The Balaban J connectivity index is 1.72. The molecule has 236 valence electrons. The van der Waals surface area contributed by atoms with E-state index in [1.54, 1.807) is 0 Å². The van der Waals surface area contributed by atoms with Crippen LogP contribution in [0.4, 0.5) is 30.7 Å². The number of nitrogens with zero attached hydrogens (tertiary/aromatic N) is 5. The number of hydrogen-bond donors (Lipinski definition) is 1. The predicted octanol–water partition coefficient (Wildman–Crippen LogP) is 6.05. The molecule has 9 nitrogen and oxygen atoms in total. The lowest BCUT2D eigenvalue weighted by Gasteiger charge is -2.16. The fourth-order valence-corrected chi connectivity index (χ4v) is 5.56. The Labute approximate surface area is 250 Å². The van der Waals surface area contributed by atoms with E-state index >= 15 is 0 Å². The van der Waals surface area contributed by atoms with E-state index in [0.717, 1.165) is 41.3 Å². The van der Waals surface area contributed by atoms with Crippen molar-refractivity contribution in [3.05, 3.63) is 89.6 Å². The van der Waals surface area contributed by atoms with Gasteiger partial charge in [-0.1, -0.05) is 11.3 Å². The Morgan fingerprint density at radius 1 is 0.867 bits per heavy atom. The Bertz CT molecular complexity index is 2000. The maximum atomic E-state index is 15.0. The van der Waals surface area contributed by atoms with Gasteiger partial charge in [0.1, 0.15) is 11.6 Å². The molecule has 0 aliphatic rings. The summed E-state index contributed by atoms with van der Waals surface area (Å²) in [6.45, 7) is 0.483. The van der Waals surface area contributed by atoms with Gasteiger partial charge in [-0.2, -0.15) is 18.3 Å². The molecule has 0 bridgehead atoms. The van der Waals surface area contributed by atoms with Gasteiger partial charge < -0.3 is 9.84 Å². The largest absolute Gasteiger partial charge is 0.573 e. The van der Waals surface area contributed by atoms with Crippen molar-refractivity contribution in [3.8, 4) is 39.5 Å². The molecule has 0 unspecified atom stereocenters. The van der Waals surface area contributed by atoms with Crippen LogP contribution in [0.2, 0.25) is 0 Å². The molecule has 0 spiro atoms. The lowest BCUT2D eigenvalue weighted by Crippen LogP contribution is -2.17. The molecule has 0 atom stereocenters. The van der Waals surface area contributed by atoms with Crippen molar-refractivity contribution in [2.24, 2.45) is 0 Å². The summed E-state index contributed by atoms with van der Waals surface area (Å²) in [4.78, 5) is -0.467. The van der Waals surface area contributed by atoms with Crippen LogP contribution in [0.3, 0.4) is 0 Å². The molecule has 5 rings (SSSR count). The molecule has 0 radical (unpaired) electrons. The molecule has 1 N–H and O–H groups in total. The third kappa shape index (κ3) is 6.53. The van der Waals surface area contributed by atoms with Gasteiger partial charge in [-0.05, 0) is 72.6 Å². The van der Waals surface area contributed by atoms with E-state index in [1.165, 1.54) is 48.1 Å². The van der Waals surface area contributed by atoms with Crippen LogP contribution in [0.5, 0.6) is 5.75 Å². The van der Waals surface area contributed by atoms with E-state index < -0.39 is 56.7 Å². The van der Waals surface area contributed by atoms with Crippen LogP contribution < -0.4 is 4.74 Å². The Kier molecular flexibility index (Phi) is 7.95. The molecule has 0 amide bonds. The predicted molar refractivity (Wildman–Crippen MR) is 145 cm³/mol. The smallest absolute Gasteiger partial charge is 0.406 e. The number of alkyl halides is 6. The van der Waals surface area contributed by atoms with E-state index in [2.05, 4.69) is 20.1 Å². The number of aryl methyl sites for hydroxylation is 1. The first-order chi connectivity index (χ1) is 21.0. The molecule has 2 heterocycles. The molecule has 0 saturated heterocycles. The van der Waals surface area contributed by atoms with Crippen LogP contribution in [-0.2, 0) is 22.6 Å². The quantitative estimate of drug-likeness (QED) is 0.213. The van der Waals surface area contributed by atoms with Crippen molar-refractivity contribution in [1.29, 1.82) is 0 Å². The fourth-order valence-electron chi connectivity index (χ4n) is 4.61. The van der Waals surface area contributed by atoms with Crippen molar-refractivity contribution in [2.75, 3.05) is 6.26 Å². The summed E-state index contributed by atoms with van der Waals surface area (Å²) in [7, 11) is -4.01. The number of rotatable bonds is 7. The van der Waals surface area contributed by atoms with Crippen LogP contribution in [0.25, 0.3) is 33.8 Å². The summed E-state index contributed by atoms with van der Waals surface area (Å²) in [5.41, 5.74) is -0.753. The van der Waals surface area contributed by atoms with Crippen LogP contribution in [0.1, 0.15) is 17.0 Å². The van der Waals surface area contributed by atoms with Gasteiger partial charge in [0.2, 0.25) is 0 Å². The second-order valence-electron chi connectivity index (χ2n) is 9.75. The second-order valence-corrected chi connectivity index (χ2v) is 11.7. The first kappa shape index (κ1) is 31.6. The van der Waals surface area contributed by atoms with Gasteiger partial charge in [-0.3, -0.25) is 0 Å². The second kappa shape index (κ2) is 11.3. The summed E-state index contributed by atoms with van der Waals surface area (Å²) in [5.74, 6) is -1.52. The SMILES string of the molecule is Cc1cc(C(F)(F)F)nn1-c1ccc(-c2cc(F)c(CO)c(S(C)(=O)=O)c2)cc1-n1nncc1-c1ccc(OC(F)(F)F)cc1. The van der Waals surface area contributed by atoms with Crippen molar-refractivity contribution in [2.45, 2.75) is 31.0 Å². The average molecular weight is 656 g/mol. The zero-order valence-corrected chi connectivity index (χ0v) is 23.8. The molecular weight excluding hydrogens is 635 g/mol. The highest BCUT2D eigenvalue weighted by molar-refractivity contribution is 7.90. The topological polar surface area (TPSA) is 112 Å². The summed E-state index contributed by atoms with van der Waals surface area (Å²) in [5, 5.41) is 21.2. The Hall–Kier alpha value is -4.77. The van der Waals surface area contributed by atoms with E-state index in [9.17, 15) is 44.3 Å². The first-order valence-electron chi connectivity index (χ1n) is 12.7. The number of aliphatic hydroxyl groups is 1. The Morgan fingerprint density at radius 3 is 2.11 bits per heavy atom. The molecule has 0 aliphatic heterocycles. The molecule has 3 aromatic carbocycles. The number of aliphatic hydroxyl groups excluding tert-OH is 1. The number of hydrogen-bond acceptors (Lipinski definition) is 7. The van der Waals surface area contributed by atoms with Crippen molar-refractivity contribution >= 4 is 9.84 Å². The van der Waals surface area contributed by atoms with Gasteiger partial charge in [0.25, 0.3) is 0 Å². The minimum Gasteiger partial charge on any atom is -0.406 e. The number of halogens is 7. The third-order valence-electron chi connectivity index (χ3n) is 6.59. The first-order valence-corrected chi connectivity index (χ1v) is 14.5. The summed E-state index contributed by atoms with van der Waals surface area (Å²) < 4.78 is 124. The monoisotopic (exact) mass is 655 g/mol. The van der Waals surface area contributed by atoms with Gasteiger partial charge in [0.15, 0.2) is 15.5 Å². The number of ether oxygens (including phenoxy) is 1. The van der Waals surface area contributed by atoms with Gasteiger partial charge in [-0.25, -0.2) is 22.2 Å². The molecule has 5 aromatic rings. The van der Waals surface area contributed by atoms with Gasteiger partial charge in [-0.15, -0.1) is 18.3 Å². The van der Waals surface area contributed by atoms with Crippen LogP contribution in [-0.4, -0.2) is 50.9 Å². The normalized spacial score (nSPS) is 12.5. The summed E-state index contributed by atoms with van der Waals surface area (Å²) >= 11 is 0. The number of benzene rings is 3. The highest BCUT2D eigenvalue weighted by atomic mass is 32.2.